The van der Waals surface area contributed by atoms with Crippen LogP contribution in [0.15, 0.2) is 54.6 Å². The minimum absolute atomic E-state index is 0.0196. The van der Waals surface area contributed by atoms with Crippen LogP contribution in [-0.2, 0) is 20.9 Å². The Labute approximate surface area is 179 Å². The van der Waals surface area contributed by atoms with Gasteiger partial charge in [-0.15, -0.1) is 0 Å². The van der Waals surface area contributed by atoms with Crippen LogP contribution >= 0.6 is 0 Å². The molecule has 4 amide bonds. The van der Waals surface area contributed by atoms with Crippen LogP contribution in [0.4, 0.5) is 10.5 Å². The first-order valence-corrected chi connectivity index (χ1v) is 10.2. The standard InChI is InChI=1S/C23H23N3O5/c27-19(14-26-21(29)23(25-22(26)30)12-4-5-13-23)31-15-16-8-10-17(11-9-16)20(28)24-18-6-2-1-3-7-18/h1-3,6-11H,4-5,12-15H2,(H,24,28)(H,25,30). The number of benzene rings is 2. The minimum Gasteiger partial charge on any atom is -0.459 e. The second-order valence-electron chi connectivity index (χ2n) is 7.79. The molecular formula is C23H23N3O5. The van der Waals surface area contributed by atoms with Crippen molar-refractivity contribution in [2.24, 2.45) is 0 Å². The lowest BCUT2D eigenvalue weighted by Crippen LogP contribution is -2.44. The molecule has 0 radical (unpaired) electrons. The van der Waals surface area contributed by atoms with Gasteiger partial charge in [0.15, 0.2) is 0 Å². The highest BCUT2D eigenvalue weighted by molar-refractivity contribution is 6.08. The Bertz CT molecular complexity index is 998. The first kappa shape index (κ1) is 20.6. The SMILES string of the molecule is O=C(CN1C(=O)NC2(CCCC2)C1=O)OCc1ccc(C(=O)Nc2ccccc2)cc1. The third kappa shape index (κ3) is 4.42. The van der Waals surface area contributed by atoms with E-state index in [9.17, 15) is 19.2 Å². The Morgan fingerprint density at radius 2 is 1.68 bits per heavy atom. The number of nitrogens with one attached hydrogen (secondary N) is 2. The van der Waals surface area contributed by atoms with Crippen molar-refractivity contribution in [1.82, 2.24) is 10.2 Å². The van der Waals surface area contributed by atoms with Crippen molar-refractivity contribution in [2.75, 3.05) is 11.9 Å². The van der Waals surface area contributed by atoms with Crippen LogP contribution in [0.3, 0.4) is 0 Å². The summed E-state index contributed by atoms with van der Waals surface area (Å²) in [5, 5.41) is 5.53. The fourth-order valence-electron chi connectivity index (χ4n) is 3.95. The number of nitrogens with zero attached hydrogens (tertiary/aromatic N) is 1. The van der Waals surface area contributed by atoms with Gasteiger partial charge in [-0.2, -0.15) is 0 Å². The number of para-hydroxylation sites is 1. The van der Waals surface area contributed by atoms with Gasteiger partial charge in [0.05, 0.1) is 0 Å². The van der Waals surface area contributed by atoms with Crippen molar-refractivity contribution in [2.45, 2.75) is 37.8 Å². The van der Waals surface area contributed by atoms with Crippen LogP contribution in [0.25, 0.3) is 0 Å². The van der Waals surface area contributed by atoms with Crippen LogP contribution in [0.5, 0.6) is 0 Å². The largest absolute Gasteiger partial charge is 0.459 e. The number of carbonyl (C=O) groups is 4. The van der Waals surface area contributed by atoms with Gasteiger partial charge < -0.3 is 15.4 Å². The third-order valence-electron chi connectivity index (χ3n) is 5.64. The lowest BCUT2D eigenvalue weighted by Gasteiger charge is -2.19. The molecule has 1 aliphatic heterocycles. The molecule has 160 valence electrons. The monoisotopic (exact) mass is 421 g/mol. The Kier molecular flexibility index (Phi) is 5.70. The summed E-state index contributed by atoms with van der Waals surface area (Å²) in [5.74, 6) is -1.25. The van der Waals surface area contributed by atoms with Gasteiger partial charge in [-0.25, -0.2) is 4.79 Å². The van der Waals surface area contributed by atoms with E-state index in [1.165, 1.54) is 0 Å². The van der Waals surface area contributed by atoms with Crippen molar-refractivity contribution in [3.8, 4) is 0 Å². The lowest BCUT2D eigenvalue weighted by molar-refractivity contribution is -0.148. The molecule has 8 nitrogen and oxygen atoms in total. The van der Waals surface area contributed by atoms with Gasteiger partial charge in [-0.1, -0.05) is 43.2 Å². The number of amides is 4. The van der Waals surface area contributed by atoms with Crippen molar-refractivity contribution >= 4 is 29.5 Å². The molecule has 1 saturated heterocycles. The van der Waals surface area contributed by atoms with Crippen molar-refractivity contribution in [3.05, 3.63) is 65.7 Å². The average Bonchev–Trinajstić information content (AvgIpc) is 3.34. The van der Waals surface area contributed by atoms with E-state index in [0.717, 1.165) is 17.7 Å². The summed E-state index contributed by atoms with van der Waals surface area (Å²) in [6, 6.07) is 15.2. The highest BCUT2D eigenvalue weighted by Gasteiger charge is 2.52. The number of esters is 1. The molecule has 2 fully saturated rings. The van der Waals surface area contributed by atoms with Crippen molar-refractivity contribution in [1.29, 1.82) is 0 Å². The normalized spacial score (nSPS) is 17.0. The number of hydrogen-bond donors (Lipinski definition) is 2. The number of imide groups is 1. The van der Waals surface area contributed by atoms with Crippen molar-refractivity contribution < 1.29 is 23.9 Å². The number of anilines is 1. The van der Waals surface area contributed by atoms with Gasteiger partial charge in [0.1, 0.15) is 18.7 Å². The van der Waals surface area contributed by atoms with Gasteiger partial charge in [0, 0.05) is 11.3 Å². The van der Waals surface area contributed by atoms with E-state index < -0.39 is 24.1 Å². The summed E-state index contributed by atoms with van der Waals surface area (Å²) in [6.07, 6.45) is 2.97. The molecule has 2 aromatic carbocycles. The van der Waals surface area contributed by atoms with Crippen molar-refractivity contribution in [3.63, 3.8) is 0 Å². The lowest BCUT2D eigenvalue weighted by atomic mass is 9.98. The molecular weight excluding hydrogens is 398 g/mol. The predicted molar refractivity (Wildman–Crippen MR) is 112 cm³/mol. The van der Waals surface area contributed by atoms with Gasteiger partial charge >= 0.3 is 12.0 Å². The van der Waals surface area contributed by atoms with E-state index >= 15 is 0 Å². The van der Waals surface area contributed by atoms with Gasteiger partial charge in [0.25, 0.3) is 11.8 Å². The smallest absolute Gasteiger partial charge is 0.326 e. The van der Waals surface area contributed by atoms with Crippen LogP contribution in [0.2, 0.25) is 0 Å². The fourth-order valence-corrected chi connectivity index (χ4v) is 3.95. The summed E-state index contributed by atoms with van der Waals surface area (Å²) in [4.78, 5) is 50.1. The first-order valence-electron chi connectivity index (χ1n) is 10.2. The minimum atomic E-state index is -0.840. The Morgan fingerprint density at radius 1 is 1.00 bits per heavy atom. The van der Waals surface area contributed by atoms with E-state index in [-0.39, 0.29) is 18.4 Å². The zero-order valence-corrected chi connectivity index (χ0v) is 16.9. The Hall–Kier alpha value is -3.68. The molecule has 1 aliphatic carbocycles. The van der Waals surface area contributed by atoms with Crippen LogP contribution in [0.1, 0.15) is 41.6 Å². The van der Waals surface area contributed by atoms with E-state index in [4.69, 9.17) is 4.74 Å². The maximum Gasteiger partial charge on any atom is 0.326 e. The van der Waals surface area contributed by atoms with Gasteiger partial charge in [0.2, 0.25) is 0 Å². The molecule has 0 unspecified atom stereocenters. The average molecular weight is 421 g/mol. The van der Waals surface area contributed by atoms with Gasteiger partial charge in [-0.3, -0.25) is 19.3 Å². The molecule has 0 bridgehead atoms. The topological polar surface area (TPSA) is 105 Å². The number of rotatable bonds is 6. The quantitative estimate of drug-likeness (QED) is 0.551. The molecule has 31 heavy (non-hydrogen) atoms. The zero-order valence-electron chi connectivity index (χ0n) is 16.9. The highest BCUT2D eigenvalue weighted by Crippen LogP contribution is 2.34. The molecule has 1 spiro atoms. The number of urea groups is 1. The number of carbonyl (C=O) groups excluding carboxylic acids is 4. The molecule has 1 saturated carbocycles. The molecule has 0 aromatic heterocycles. The molecule has 8 heteroatoms. The van der Waals surface area contributed by atoms with Crippen LogP contribution in [0, 0.1) is 0 Å². The first-order chi connectivity index (χ1) is 15.0. The van der Waals surface area contributed by atoms with E-state index in [1.54, 1.807) is 36.4 Å². The number of ether oxygens (including phenoxy) is 1. The number of hydrogen-bond acceptors (Lipinski definition) is 5. The molecule has 4 rings (SSSR count). The summed E-state index contributed by atoms with van der Waals surface area (Å²) >= 11 is 0. The molecule has 0 atom stereocenters. The predicted octanol–water partition coefficient (Wildman–Crippen LogP) is 2.85. The molecule has 2 aliphatic rings. The summed E-state index contributed by atoms with van der Waals surface area (Å²) in [5.41, 5.74) is 1.02. The van der Waals surface area contributed by atoms with Gasteiger partial charge in [-0.05, 0) is 42.7 Å². The maximum absolute atomic E-state index is 12.6. The molecule has 2 N–H and O–H groups in total. The molecule has 1 heterocycles. The highest BCUT2D eigenvalue weighted by atomic mass is 16.5. The Balaban J connectivity index is 1.28. The maximum atomic E-state index is 12.6. The van der Waals surface area contributed by atoms with Crippen LogP contribution in [-0.4, -0.2) is 40.8 Å². The second-order valence-corrected chi connectivity index (χ2v) is 7.79. The second kappa shape index (κ2) is 8.59. The summed E-state index contributed by atoms with van der Waals surface area (Å²) < 4.78 is 5.22. The molecule has 2 aromatic rings. The van der Waals surface area contributed by atoms with Crippen LogP contribution < -0.4 is 10.6 Å². The summed E-state index contributed by atoms with van der Waals surface area (Å²) in [7, 11) is 0. The zero-order chi connectivity index (χ0) is 21.8. The Morgan fingerprint density at radius 3 is 2.35 bits per heavy atom. The van der Waals surface area contributed by atoms with E-state index in [2.05, 4.69) is 10.6 Å². The summed E-state index contributed by atoms with van der Waals surface area (Å²) in [6.45, 7) is -0.432. The van der Waals surface area contributed by atoms with E-state index in [0.29, 0.717) is 29.7 Å². The third-order valence-corrected chi connectivity index (χ3v) is 5.64. The fraction of sp³-hybridized carbons (Fsp3) is 0.304. The van der Waals surface area contributed by atoms with E-state index in [1.807, 2.05) is 18.2 Å².